The number of hydrogen-bond donors (Lipinski definition) is 3. The predicted octanol–water partition coefficient (Wildman–Crippen LogP) is 1.32. The van der Waals surface area contributed by atoms with Crippen molar-refractivity contribution in [1.29, 1.82) is 0 Å². The fourth-order valence-corrected chi connectivity index (χ4v) is 4.13. The molecule has 2 amide bonds. The lowest BCUT2D eigenvalue weighted by molar-refractivity contribution is -0.133. The van der Waals surface area contributed by atoms with E-state index in [-0.39, 0.29) is 11.8 Å². The zero-order valence-corrected chi connectivity index (χ0v) is 15.8. The first kappa shape index (κ1) is 18.9. The molecule has 2 saturated heterocycles. The summed E-state index contributed by atoms with van der Waals surface area (Å²) in [7, 11) is 0. The van der Waals surface area contributed by atoms with E-state index in [1.54, 1.807) is 0 Å². The third-order valence-electron chi connectivity index (χ3n) is 5.56. The largest absolute Gasteiger partial charge is 0.356 e. The minimum atomic E-state index is -0.0866. The molecule has 3 atom stereocenters. The number of likely N-dealkylation sites (tertiary alicyclic amines) is 1. The SMILES string of the molecule is CC(=O)NCCC(=O)N1CCCC(C2NNCC2c2ccc(C)cc2)C1. The molecule has 142 valence electrons. The van der Waals surface area contributed by atoms with Gasteiger partial charge in [0.15, 0.2) is 0 Å². The van der Waals surface area contributed by atoms with Crippen molar-refractivity contribution < 1.29 is 9.59 Å². The summed E-state index contributed by atoms with van der Waals surface area (Å²) < 4.78 is 0. The molecule has 0 bridgehead atoms. The number of rotatable bonds is 5. The van der Waals surface area contributed by atoms with Crippen LogP contribution in [0.25, 0.3) is 0 Å². The van der Waals surface area contributed by atoms with Crippen LogP contribution in [0.3, 0.4) is 0 Å². The molecular weight excluding hydrogens is 328 g/mol. The van der Waals surface area contributed by atoms with E-state index in [0.717, 1.165) is 32.5 Å². The molecule has 3 N–H and O–H groups in total. The third kappa shape index (κ3) is 4.62. The summed E-state index contributed by atoms with van der Waals surface area (Å²) in [6.45, 7) is 6.54. The summed E-state index contributed by atoms with van der Waals surface area (Å²) in [6, 6.07) is 9.12. The Kier molecular flexibility index (Phi) is 6.27. The van der Waals surface area contributed by atoms with Crippen molar-refractivity contribution in [2.45, 2.75) is 45.1 Å². The van der Waals surface area contributed by atoms with Crippen molar-refractivity contribution in [3.8, 4) is 0 Å². The molecule has 2 aliphatic heterocycles. The van der Waals surface area contributed by atoms with Crippen LogP contribution in [0.5, 0.6) is 0 Å². The number of carbonyl (C=O) groups is 2. The monoisotopic (exact) mass is 358 g/mol. The molecule has 26 heavy (non-hydrogen) atoms. The number of benzene rings is 1. The molecular formula is C20H30N4O2. The number of piperidine rings is 1. The molecule has 0 aliphatic carbocycles. The van der Waals surface area contributed by atoms with Crippen molar-refractivity contribution in [1.82, 2.24) is 21.1 Å². The Morgan fingerprint density at radius 2 is 2.04 bits per heavy atom. The Bertz CT molecular complexity index is 631. The van der Waals surface area contributed by atoms with Crippen LogP contribution in [-0.2, 0) is 9.59 Å². The van der Waals surface area contributed by atoms with E-state index in [9.17, 15) is 9.59 Å². The van der Waals surface area contributed by atoms with Crippen LogP contribution in [0.4, 0.5) is 0 Å². The van der Waals surface area contributed by atoms with E-state index >= 15 is 0 Å². The molecule has 0 aromatic heterocycles. The highest BCUT2D eigenvalue weighted by atomic mass is 16.2. The maximum Gasteiger partial charge on any atom is 0.224 e. The molecule has 0 saturated carbocycles. The summed E-state index contributed by atoms with van der Waals surface area (Å²) in [5.41, 5.74) is 9.41. The molecule has 1 aromatic rings. The number of amides is 2. The standard InChI is InChI=1S/C20H30N4O2/c1-14-5-7-16(8-6-14)18-12-22-23-20(18)17-4-3-11-24(13-17)19(26)9-10-21-15(2)25/h5-8,17-18,20,22-23H,3-4,9-13H2,1-2H3,(H,21,25). The van der Waals surface area contributed by atoms with Gasteiger partial charge in [-0.1, -0.05) is 29.8 Å². The summed E-state index contributed by atoms with van der Waals surface area (Å²) in [5, 5.41) is 2.71. The van der Waals surface area contributed by atoms with Gasteiger partial charge in [0.2, 0.25) is 11.8 Å². The molecule has 1 aromatic carbocycles. The zero-order valence-electron chi connectivity index (χ0n) is 15.8. The zero-order chi connectivity index (χ0) is 18.5. The predicted molar refractivity (Wildman–Crippen MR) is 101 cm³/mol. The van der Waals surface area contributed by atoms with E-state index in [2.05, 4.69) is 47.4 Å². The van der Waals surface area contributed by atoms with Crippen molar-refractivity contribution in [2.75, 3.05) is 26.2 Å². The number of hydrogen-bond acceptors (Lipinski definition) is 4. The van der Waals surface area contributed by atoms with Crippen LogP contribution in [0.2, 0.25) is 0 Å². The Hall–Kier alpha value is -1.92. The maximum atomic E-state index is 12.5. The highest BCUT2D eigenvalue weighted by molar-refractivity contribution is 5.78. The Morgan fingerprint density at radius 1 is 1.27 bits per heavy atom. The van der Waals surface area contributed by atoms with Crippen molar-refractivity contribution in [3.05, 3.63) is 35.4 Å². The van der Waals surface area contributed by atoms with Gasteiger partial charge >= 0.3 is 0 Å². The van der Waals surface area contributed by atoms with Gasteiger partial charge in [-0.25, -0.2) is 0 Å². The Labute approximate surface area is 155 Å². The quantitative estimate of drug-likeness (QED) is 0.742. The van der Waals surface area contributed by atoms with Crippen molar-refractivity contribution in [2.24, 2.45) is 5.92 Å². The second-order valence-electron chi connectivity index (χ2n) is 7.54. The van der Waals surface area contributed by atoms with Crippen LogP contribution < -0.4 is 16.2 Å². The van der Waals surface area contributed by atoms with Crippen molar-refractivity contribution >= 4 is 11.8 Å². The highest BCUT2D eigenvalue weighted by Gasteiger charge is 2.37. The second-order valence-corrected chi connectivity index (χ2v) is 7.54. The molecule has 2 aliphatic rings. The van der Waals surface area contributed by atoms with Crippen molar-refractivity contribution in [3.63, 3.8) is 0 Å². The molecule has 6 heteroatoms. The summed E-state index contributed by atoms with van der Waals surface area (Å²) in [4.78, 5) is 25.4. The van der Waals surface area contributed by atoms with Gasteiger partial charge in [0.1, 0.15) is 0 Å². The highest BCUT2D eigenvalue weighted by Crippen LogP contribution is 2.31. The lowest BCUT2D eigenvalue weighted by Gasteiger charge is -2.37. The lowest BCUT2D eigenvalue weighted by atomic mass is 9.81. The lowest BCUT2D eigenvalue weighted by Crippen LogP contribution is -2.48. The third-order valence-corrected chi connectivity index (χ3v) is 5.56. The topological polar surface area (TPSA) is 73.5 Å². The van der Waals surface area contributed by atoms with Crippen LogP contribution in [0.15, 0.2) is 24.3 Å². The molecule has 0 spiro atoms. The molecule has 2 heterocycles. The normalized spacial score (nSPS) is 25.9. The van der Waals surface area contributed by atoms with E-state index in [1.807, 2.05) is 4.90 Å². The first-order valence-corrected chi connectivity index (χ1v) is 9.62. The van der Waals surface area contributed by atoms with Crippen LogP contribution in [0.1, 0.15) is 43.2 Å². The summed E-state index contributed by atoms with van der Waals surface area (Å²) >= 11 is 0. The first-order chi connectivity index (χ1) is 12.5. The van der Waals surface area contributed by atoms with Crippen LogP contribution >= 0.6 is 0 Å². The average molecular weight is 358 g/mol. The molecule has 0 radical (unpaired) electrons. The van der Waals surface area contributed by atoms with Gasteiger partial charge in [-0.3, -0.25) is 20.4 Å². The van der Waals surface area contributed by atoms with E-state index < -0.39 is 0 Å². The van der Waals surface area contributed by atoms with Gasteiger partial charge in [-0.15, -0.1) is 0 Å². The number of carbonyl (C=O) groups excluding carboxylic acids is 2. The summed E-state index contributed by atoms with van der Waals surface area (Å²) in [5.74, 6) is 0.919. The number of nitrogens with one attached hydrogen (secondary N) is 3. The van der Waals surface area contributed by atoms with Gasteiger partial charge in [-0.2, -0.15) is 0 Å². The Balaban J connectivity index is 1.60. The van der Waals surface area contributed by atoms with Crippen LogP contribution in [-0.4, -0.2) is 48.9 Å². The number of nitrogens with zero attached hydrogens (tertiary/aromatic N) is 1. The average Bonchev–Trinajstić information content (AvgIpc) is 3.12. The Morgan fingerprint density at radius 3 is 2.77 bits per heavy atom. The minimum absolute atomic E-state index is 0.0866. The smallest absolute Gasteiger partial charge is 0.224 e. The van der Waals surface area contributed by atoms with Crippen LogP contribution in [0, 0.1) is 12.8 Å². The molecule has 6 nitrogen and oxygen atoms in total. The van der Waals surface area contributed by atoms with Gasteiger partial charge < -0.3 is 10.2 Å². The van der Waals surface area contributed by atoms with Gasteiger partial charge in [0.05, 0.1) is 0 Å². The second kappa shape index (κ2) is 8.64. The van der Waals surface area contributed by atoms with Gasteiger partial charge in [-0.05, 0) is 31.2 Å². The molecule has 3 rings (SSSR count). The summed E-state index contributed by atoms with van der Waals surface area (Å²) in [6.07, 6.45) is 2.55. The van der Waals surface area contributed by atoms with E-state index in [0.29, 0.717) is 30.8 Å². The maximum absolute atomic E-state index is 12.5. The van der Waals surface area contributed by atoms with E-state index in [1.165, 1.54) is 18.1 Å². The number of aryl methyl sites for hydroxylation is 1. The molecule has 3 unspecified atom stereocenters. The first-order valence-electron chi connectivity index (χ1n) is 9.62. The fraction of sp³-hybridized carbons (Fsp3) is 0.600. The van der Waals surface area contributed by atoms with E-state index in [4.69, 9.17) is 0 Å². The van der Waals surface area contributed by atoms with Gasteiger partial charge in [0, 0.05) is 51.5 Å². The van der Waals surface area contributed by atoms with Gasteiger partial charge in [0.25, 0.3) is 0 Å². The minimum Gasteiger partial charge on any atom is -0.356 e. The number of hydrazine groups is 1. The molecule has 2 fully saturated rings. The fourth-order valence-electron chi connectivity index (χ4n) is 4.13.